The summed E-state index contributed by atoms with van der Waals surface area (Å²) in [5.74, 6) is -0.935. The van der Waals surface area contributed by atoms with Gasteiger partial charge in [-0.15, -0.1) is 0 Å². The van der Waals surface area contributed by atoms with Crippen LogP contribution in [0.1, 0.15) is 6.92 Å². The third-order valence-electron chi connectivity index (χ3n) is 0.755. The Morgan fingerprint density at radius 3 is 2.08 bits per heavy atom. The van der Waals surface area contributed by atoms with E-state index in [1.54, 1.807) is 27.9 Å². The van der Waals surface area contributed by atoms with Gasteiger partial charge in [-0.2, -0.15) is 0 Å². The van der Waals surface area contributed by atoms with Crippen LogP contribution in [0.3, 0.4) is 0 Å². The molecule has 1 N–H and O–H groups in total. The standard InChI is InChI=1S/C4H6O2.C3H7O2.Ti/c1-3(2)4(5)6;1-5-3-2-4;/h1H2,2H3,(H,5,6);2-3H2,1H3;/q;-1;+1. The molecule has 4 nitrogen and oxygen atoms in total. The van der Waals surface area contributed by atoms with E-state index in [0.29, 0.717) is 13.2 Å². The minimum atomic E-state index is -0.935. The third kappa shape index (κ3) is 16.4. The van der Waals surface area contributed by atoms with Crippen LogP contribution in [0.4, 0.5) is 0 Å². The molecule has 0 saturated carbocycles. The predicted molar refractivity (Wildman–Crippen MR) is 40.3 cm³/mol. The molecule has 0 aromatic rings. The molecule has 0 atom stereocenters. The van der Waals surface area contributed by atoms with Gasteiger partial charge in [0, 0.05) is 5.57 Å². The topological polar surface area (TPSA) is 55.8 Å². The molecule has 0 saturated heterocycles. The van der Waals surface area contributed by atoms with Crippen LogP contribution in [-0.2, 0) is 33.7 Å². The fourth-order valence-electron chi connectivity index (χ4n) is 0.125. The van der Waals surface area contributed by atoms with Crippen molar-refractivity contribution in [2.24, 2.45) is 0 Å². The number of ether oxygens (including phenoxy) is 1. The average molecular weight is 209 g/mol. The molecule has 69 valence electrons. The fourth-order valence-corrected chi connectivity index (χ4v) is 0.255. The second-order valence-corrected chi connectivity index (χ2v) is 2.38. The van der Waals surface area contributed by atoms with Crippen LogP contribution in [-0.4, -0.2) is 31.4 Å². The van der Waals surface area contributed by atoms with Gasteiger partial charge in [0.05, 0.1) is 0 Å². The van der Waals surface area contributed by atoms with Gasteiger partial charge in [-0.25, -0.2) is 4.79 Å². The van der Waals surface area contributed by atoms with Gasteiger partial charge in [0.25, 0.3) is 0 Å². The quantitative estimate of drug-likeness (QED) is 0.421. The number of carbonyl (C=O) groups is 1. The Morgan fingerprint density at radius 1 is 1.58 bits per heavy atom. The SMILES string of the molecule is C=C(C)C(=O)O.COCC[O][Ti]. The summed E-state index contributed by atoms with van der Waals surface area (Å²) in [5, 5.41) is 7.89. The van der Waals surface area contributed by atoms with E-state index in [1.807, 2.05) is 0 Å². The summed E-state index contributed by atoms with van der Waals surface area (Å²) in [7, 11) is 1.65. The minimum absolute atomic E-state index is 0.176. The number of methoxy groups -OCH3 is 1. The number of hydrogen-bond donors (Lipinski definition) is 1. The molecule has 0 aliphatic heterocycles. The van der Waals surface area contributed by atoms with Crippen LogP contribution in [0.15, 0.2) is 12.2 Å². The maximum absolute atomic E-state index is 9.60. The molecule has 0 bridgehead atoms. The molecule has 0 fully saturated rings. The van der Waals surface area contributed by atoms with Crippen molar-refractivity contribution in [2.75, 3.05) is 20.3 Å². The van der Waals surface area contributed by atoms with Crippen molar-refractivity contribution in [3.63, 3.8) is 0 Å². The van der Waals surface area contributed by atoms with Crippen molar-refractivity contribution >= 4 is 5.97 Å². The number of rotatable bonds is 4. The zero-order valence-corrected chi connectivity index (χ0v) is 8.85. The second-order valence-electron chi connectivity index (χ2n) is 1.93. The number of carboxylic acids is 1. The molecule has 0 unspecified atom stereocenters. The number of hydrogen-bond acceptors (Lipinski definition) is 3. The molecular weight excluding hydrogens is 196 g/mol. The molecular formula is C7H13O4Ti. The molecule has 0 aromatic carbocycles. The van der Waals surface area contributed by atoms with Crippen LogP contribution in [0.25, 0.3) is 0 Å². The summed E-state index contributed by atoms with van der Waals surface area (Å²) < 4.78 is 9.31. The predicted octanol–water partition coefficient (Wildman–Crippen LogP) is 0.758. The molecule has 0 aliphatic rings. The molecule has 5 heteroatoms. The van der Waals surface area contributed by atoms with Crippen LogP contribution in [0.2, 0.25) is 0 Å². The van der Waals surface area contributed by atoms with E-state index in [2.05, 4.69) is 14.6 Å². The summed E-state index contributed by atoms with van der Waals surface area (Å²) in [4.78, 5) is 9.60. The molecule has 0 spiro atoms. The summed E-state index contributed by atoms with van der Waals surface area (Å²) >= 11 is 1.65. The number of carboxylic acid groups (broad SMARTS) is 1. The summed E-state index contributed by atoms with van der Waals surface area (Å²) in [6.45, 7) is 5.98. The molecule has 0 heterocycles. The summed E-state index contributed by atoms with van der Waals surface area (Å²) in [6, 6.07) is 0. The van der Waals surface area contributed by atoms with Crippen LogP contribution >= 0.6 is 0 Å². The zero-order valence-electron chi connectivity index (χ0n) is 7.29. The first-order valence-corrected chi connectivity index (χ1v) is 3.86. The maximum atomic E-state index is 9.60. The van der Waals surface area contributed by atoms with E-state index in [1.165, 1.54) is 6.92 Å². The van der Waals surface area contributed by atoms with E-state index in [9.17, 15) is 4.79 Å². The van der Waals surface area contributed by atoms with E-state index in [-0.39, 0.29) is 5.57 Å². The Labute approximate surface area is 84.4 Å². The van der Waals surface area contributed by atoms with Gasteiger partial charge in [0.2, 0.25) is 0 Å². The average Bonchev–Trinajstić information content (AvgIpc) is 2.02. The number of aliphatic carboxylic acids is 1. The van der Waals surface area contributed by atoms with Crippen molar-refractivity contribution < 1.29 is 38.8 Å². The van der Waals surface area contributed by atoms with E-state index < -0.39 is 5.97 Å². The van der Waals surface area contributed by atoms with Crippen molar-refractivity contribution in [1.29, 1.82) is 0 Å². The van der Waals surface area contributed by atoms with E-state index >= 15 is 0 Å². The second kappa shape index (κ2) is 10.8. The Hall–Kier alpha value is -0.156. The van der Waals surface area contributed by atoms with E-state index in [4.69, 9.17) is 5.11 Å². The van der Waals surface area contributed by atoms with Crippen LogP contribution < -0.4 is 0 Å². The first-order valence-electron chi connectivity index (χ1n) is 3.22. The molecule has 0 aromatic heterocycles. The third-order valence-corrected chi connectivity index (χ3v) is 1.07. The van der Waals surface area contributed by atoms with Gasteiger partial charge in [0.1, 0.15) is 0 Å². The molecule has 0 amide bonds. The van der Waals surface area contributed by atoms with Crippen LogP contribution in [0, 0.1) is 0 Å². The van der Waals surface area contributed by atoms with Gasteiger partial charge in [-0.05, 0) is 6.92 Å². The Bertz CT molecular complexity index is 119. The monoisotopic (exact) mass is 209 g/mol. The molecule has 0 radical (unpaired) electrons. The molecule has 12 heavy (non-hydrogen) atoms. The van der Waals surface area contributed by atoms with Gasteiger partial charge < -0.3 is 5.11 Å². The Kier molecular flexibility index (Phi) is 13.0. The van der Waals surface area contributed by atoms with Gasteiger partial charge >= 0.3 is 55.2 Å². The van der Waals surface area contributed by atoms with Gasteiger partial charge in [0.15, 0.2) is 0 Å². The van der Waals surface area contributed by atoms with Gasteiger partial charge in [-0.1, -0.05) is 6.58 Å². The van der Waals surface area contributed by atoms with Crippen molar-refractivity contribution in [3.8, 4) is 0 Å². The summed E-state index contributed by atoms with van der Waals surface area (Å²) in [6.07, 6.45) is 0. The normalized spacial score (nSPS) is 8.08. The van der Waals surface area contributed by atoms with Crippen molar-refractivity contribution in [2.45, 2.75) is 6.92 Å². The molecule has 0 aliphatic carbocycles. The van der Waals surface area contributed by atoms with Crippen molar-refractivity contribution in [3.05, 3.63) is 12.2 Å². The first-order chi connectivity index (χ1) is 5.56. The molecule has 0 rings (SSSR count). The summed E-state index contributed by atoms with van der Waals surface area (Å²) in [5.41, 5.74) is 0.176. The fraction of sp³-hybridized carbons (Fsp3) is 0.571. The Balaban J connectivity index is 0. The van der Waals surface area contributed by atoms with Gasteiger partial charge in [-0.3, -0.25) is 0 Å². The zero-order chi connectivity index (χ0) is 9.98. The van der Waals surface area contributed by atoms with Crippen molar-refractivity contribution in [1.82, 2.24) is 0 Å². The van der Waals surface area contributed by atoms with Crippen LogP contribution in [0.5, 0.6) is 0 Å². The Morgan fingerprint density at radius 2 is 2.00 bits per heavy atom. The van der Waals surface area contributed by atoms with E-state index in [0.717, 1.165) is 0 Å². The first kappa shape index (κ1) is 14.4.